The number of fused-ring (bicyclic) bond motifs is 2. The molecule has 0 aromatic heterocycles. The van der Waals surface area contributed by atoms with Crippen molar-refractivity contribution in [3.63, 3.8) is 0 Å². The highest BCUT2D eigenvalue weighted by atomic mass is 16.5. The van der Waals surface area contributed by atoms with Crippen LogP contribution < -0.4 is 15.4 Å². The molecule has 0 spiro atoms. The summed E-state index contributed by atoms with van der Waals surface area (Å²) in [6.45, 7) is 0.987. The van der Waals surface area contributed by atoms with Crippen molar-refractivity contribution in [2.24, 2.45) is 0 Å². The second-order valence-electron chi connectivity index (χ2n) is 8.66. The van der Waals surface area contributed by atoms with Gasteiger partial charge in [-0.2, -0.15) is 0 Å². The van der Waals surface area contributed by atoms with Crippen molar-refractivity contribution in [2.75, 3.05) is 19.0 Å². The third-order valence-corrected chi connectivity index (χ3v) is 6.47. The number of carbonyl (C=O) groups excluding carboxylic acids is 5. The summed E-state index contributed by atoms with van der Waals surface area (Å²) in [4.78, 5) is 65.6. The molecular formula is C27H21N3O6. The fourth-order valence-electron chi connectivity index (χ4n) is 4.54. The van der Waals surface area contributed by atoms with Crippen LogP contribution >= 0.6 is 0 Å². The first-order valence-electron chi connectivity index (χ1n) is 11.1. The molecular weight excluding hydrogens is 462 g/mol. The standard InChI is InChI=1S/C27H21N3O6/c1-27(15-10-12-16(36-2)13-11-15)25(34)30(26(35)29-27)14-21(31)28-20-9-5-8-19-22(20)24(33)18-7-4-3-6-17(18)23(19)32/h3-13H,14H2,1-2H3,(H,28,31)(H,29,35). The maximum absolute atomic E-state index is 13.2. The van der Waals surface area contributed by atoms with E-state index in [1.807, 2.05) is 0 Å². The number of nitrogens with one attached hydrogen (secondary N) is 2. The summed E-state index contributed by atoms with van der Waals surface area (Å²) in [6.07, 6.45) is 0. The van der Waals surface area contributed by atoms with Gasteiger partial charge < -0.3 is 15.4 Å². The van der Waals surface area contributed by atoms with Gasteiger partial charge in [0, 0.05) is 16.7 Å². The van der Waals surface area contributed by atoms with Crippen molar-refractivity contribution in [1.82, 2.24) is 10.2 Å². The lowest BCUT2D eigenvalue weighted by Crippen LogP contribution is -2.42. The normalized spacial score (nSPS) is 18.4. The van der Waals surface area contributed by atoms with Crippen molar-refractivity contribution in [2.45, 2.75) is 12.5 Å². The Balaban J connectivity index is 1.37. The maximum Gasteiger partial charge on any atom is 0.325 e. The van der Waals surface area contributed by atoms with Crippen LogP contribution in [0, 0.1) is 0 Å². The van der Waals surface area contributed by atoms with Gasteiger partial charge >= 0.3 is 6.03 Å². The third-order valence-electron chi connectivity index (χ3n) is 6.47. The van der Waals surface area contributed by atoms with Crippen LogP contribution in [0.25, 0.3) is 0 Å². The molecule has 0 bridgehead atoms. The van der Waals surface area contributed by atoms with Gasteiger partial charge in [0.1, 0.15) is 17.8 Å². The largest absolute Gasteiger partial charge is 0.497 e. The Labute approximate surface area is 206 Å². The molecule has 36 heavy (non-hydrogen) atoms. The minimum Gasteiger partial charge on any atom is -0.497 e. The maximum atomic E-state index is 13.2. The SMILES string of the molecule is COc1ccc(C2(C)NC(=O)N(CC(=O)Nc3cccc4c3C(=O)c3ccccc3C4=O)C2=O)cc1. The predicted octanol–water partition coefficient (Wildman–Crippen LogP) is 2.88. The van der Waals surface area contributed by atoms with Crippen LogP contribution in [0.15, 0.2) is 66.7 Å². The number of methoxy groups -OCH3 is 1. The quantitative estimate of drug-likeness (QED) is 0.421. The second kappa shape index (κ2) is 8.46. The van der Waals surface area contributed by atoms with E-state index in [-0.39, 0.29) is 28.2 Å². The molecule has 0 saturated carbocycles. The van der Waals surface area contributed by atoms with E-state index in [2.05, 4.69) is 10.6 Å². The smallest absolute Gasteiger partial charge is 0.325 e. The van der Waals surface area contributed by atoms with Crippen molar-refractivity contribution in [1.29, 1.82) is 0 Å². The van der Waals surface area contributed by atoms with Gasteiger partial charge in [0.2, 0.25) is 5.91 Å². The topological polar surface area (TPSA) is 122 Å². The second-order valence-corrected chi connectivity index (χ2v) is 8.66. The molecule has 3 aromatic rings. The van der Waals surface area contributed by atoms with Crippen molar-refractivity contribution >= 4 is 35.1 Å². The molecule has 1 heterocycles. The van der Waals surface area contributed by atoms with Gasteiger partial charge in [-0.3, -0.25) is 24.1 Å². The first-order valence-corrected chi connectivity index (χ1v) is 11.1. The van der Waals surface area contributed by atoms with Crippen LogP contribution in [0.2, 0.25) is 0 Å². The highest BCUT2D eigenvalue weighted by Gasteiger charge is 2.49. The predicted molar refractivity (Wildman–Crippen MR) is 129 cm³/mol. The zero-order chi connectivity index (χ0) is 25.6. The van der Waals surface area contributed by atoms with Crippen LogP contribution in [0.1, 0.15) is 44.3 Å². The minimum atomic E-state index is -1.36. The van der Waals surface area contributed by atoms with E-state index >= 15 is 0 Å². The molecule has 180 valence electrons. The zero-order valence-corrected chi connectivity index (χ0v) is 19.5. The summed E-state index contributed by atoms with van der Waals surface area (Å²) in [5, 5.41) is 5.24. The lowest BCUT2D eigenvalue weighted by atomic mass is 9.83. The number of hydrogen-bond acceptors (Lipinski definition) is 6. The number of rotatable bonds is 5. The summed E-state index contributed by atoms with van der Waals surface area (Å²) < 4.78 is 5.14. The van der Waals surface area contributed by atoms with E-state index in [4.69, 9.17) is 4.74 Å². The van der Waals surface area contributed by atoms with Gasteiger partial charge in [-0.05, 0) is 30.7 Å². The van der Waals surface area contributed by atoms with E-state index in [9.17, 15) is 24.0 Å². The van der Waals surface area contributed by atoms with Crippen LogP contribution in [-0.4, -0.2) is 48.0 Å². The van der Waals surface area contributed by atoms with Crippen molar-refractivity contribution in [3.8, 4) is 5.75 Å². The first kappa shape index (κ1) is 23.0. The van der Waals surface area contributed by atoms with Gasteiger partial charge in [-0.1, -0.05) is 48.5 Å². The Kier molecular flexibility index (Phi) is 5.40. The van der Waals surface area contributed by atoms with E-state index in [0.29, 0.717) is 16.9 Å². The molecule has 1 unspecified atom stereocenters. The highest BCUT2D eigenvalue weighted by molar-refractivity contribution is 6.30. The van der Waals surface area contributed by atoms with E-state index in [1.54, 1.807) is 61.5 Å². The molecule has 9 heteroatoms. The molecule has 9 nitrogen and oxygen atoms in total. The average Bonchev–Trinajstić information content (AvgIpc) is 3.11. The van der Waals surface area contributed by atoms with E-state index in [1.165, 1.54) is 19.2 Å². The van der Waals surface area contributed by atoms with Crippen molar-refractivity contribution in [3.05, 3.63) is 94.5 Å². The molecule has 1 fully saturated rings. The van der Waals surface area contributed by atoms with Gasteiger partial charge in [0.25, 0.3) is 5.91 Å². The third kappa shape index (κ3) is 3.52. The number of nitrogens with zero attached hydrogens (tertiary/aromatic N) is 1. The van der Waals surface area contributed by atoms with E-state index < -0.39 is 35.7 Å². The molecule has 1 atom stereocenters. The Morgan fingerprint density at radius 1 is 0.889 bits per heavy atom. The van der Waals surface area contributed by atoms with Crippen LogP contribution in [0.4, 0.5) is 10.5 Å². The van der Waals surface area contributed by atoms with Gasteiger partial charge in [0.05, 0.1) is 18.4 Å². The number of imide groups is 1. The number of carbonyl (C=O) groups is 5. The summed E-state index contributed by atoms with van der Waals surface area (Å²) in [5.74, 6) is -1.40. The lowest BCUT2D eigenvalue weighted by molar-refractivity contribution is -0.133. The number of amides is 4. The highest BCUT2D eigenvalue weighted by Crippen LogP contribution is 2.33. The van der Waals surface area contributed by atoms with Crippen LogP contribution in [0.5, 0.6) is 5.75 Å². The molecule has 5 rings (SSSR count). The number of ether oxygens (including phenoxy) is 1. The minimum absolute atomic E-state index is 0.0785. The Morgan fingerprint density at radius 3 is 2.19 bits per heavy atom. The monoisotopic (exact) mass is 483 g/mol. The summed E-state index contributed by atoms with van der Waals surface area (Å²) in [6, 6.07) is 17.0. The molecule has 2 aliphatic rings. The Morgan fingerprint density at radius 2 is 1.53 bits per heavy atom. The molecule has 1 saturated heterocycles. The molecule has 2 N–H and O–H groups in total. The summed E-state index contributed by atoms with van der Waals surface area (Å²) in [5.41, 5.74) is 0.117. The molecule has 1 aliphatic carbocycles. The molecule has 3 aromatic carbocycles. The fourth-order valence-corrected chi connectivity index (χ4v) is 4.54. The first-order chi connectivity index (χ1) is 17.2. The Hall–Kier alpha value is -4.79. The fraction of sp³-hybridized carbons (Fsp3) is 0.148. The molecule has 0 radical (unpaired) electrons. The van der Waals surface area contributed by atoms with Gasteiger partial charge in [-0.25, -0.2) is 4.79 Å². The summed E-state index contributed by atoms with van der Waals surface area (Å²) in [7, 11) is 1.52. The van der Waals surface area contributed by atoms with Crippen LogP contribution in [-0.2, 0) is 15.1 Å². The van der Waals surface area contributed by atoms with Gasteiger partial charge in [-0.15, -0.1) is 0 Å². The van der Waals surface area contributed by atoms with Crippen LogP contribution in [0.3, 0.4) is 0 Å². The Bertz CT molecular complexity index is 1460. The number of hydrogen-bond donors (Lipinski definition) is 2. The number of benzene rings is 3. The lowest BCUT2D eigenvalue weighted by Gasteiger charge is -2.23. The van der Waals surface area contributed by atoms with Gasteiger partial charge in [0.15, 0.2) is 11.6 Å². The zero-order valence-electron chi connectivity index (χ0n) is 19.5. The molecule has 4 amide bonds. The van der Waals surface area contributed by atoms with E-state index in [0.717, 1.165) is 4.90 Å². The number of ketones is 2. The van der Waals surface area contributed by atoms with Crippen molar-refractivity contribution < 1.29 is 28.7 Å². The number of anilines is 1. The summed E-state index contributed by atoms with van der Waals surface area (Å²) >= 11 is 0. The molecule has 1 aliphatic heterocycles. The number of urea groups is 1. The average molecular weight is 483 g/mol.